The maximum atomic E-state index is 4.23. The van der Waals surface area contributed by atoms with Crippen LogP contribution in [-0.4, -0.2) is 6.21 Å². The standard InChI is InChI=1S/C9H9N/c1-2-6-9-8(4-1)5-3-7-10-9/h3-7H,1-2H2/q+1. The molecule has 0 spiro atoms. The van der Waals surface area contributed by atoms with Crippen LogP contribution >= 0.6 is 0 Å². The first kappa shape index (κ1) is 5.66. The molecule has 0 saturated carbocycles. The molecule has 0 aromatic rings. The molecule has 49 valence electrons. The SMILES string of the molecule is C1=CC2=CCCC=C2[N+]=C1. The van der Waals surface area contributed by atoms with Gasteiger partial charge in [-0.2, -0.15) is 0 Å². The van der Waals surface area contributed by atoms with Crippen molar-refractivity contribution >= 4 is 6.21 Å². The van der Waals surface area contributed by atoms with Gasteiger partial charge in [-0.1, -0.05) is 6.08 Å². The monoisotopic (exact) mass is 131 g/mol. The van der Waals surface area contributed by atoms with E-state index in [-0.39, 0.29) is 0 Å². The second kappa shape index (κ2) is 2.25. The summed E-state index contributed by atoms with van der Waals surface area (Å²) >= 11 is 0. The lowest BCUT2D eigenvalue weighted by Gasteiger charge is -2.01. The van der Waals surface area contributed by atoms with Crippen LogP contribution in [0.3, 0.4) is 0 Å². The molecule has 0 saturated heterocycles. The van der Waals surface area contributed by atoms with Crippen molar-refractivity contribution in [3.05, 3.63) is 35.6 Å². The normalized spacial score (nSPS) is 21.6. The van der Waals surface area contributed by atoms with Crippen molar-refractivity contribution in [2.24, 2.45) is 0 Å². The predicted molar refractivity (Wildman–Crippen MR) is 42.7 cm³/mol. The van der Waals surface area contributed by atoms with Crippen molar-refractivity contribution in [2.45, 2.75) is 12.8 Å². The van der Waals surface area contributed by atoms with Gasteiger partial charge in [0.1, 0.15) is 0 Å². The van der Waals surface area contributed by atoms with E-state index in [2.05, 4.69) is 23.2 Å². The third kappa shape index (κ3) is 0.838. The molecular weight excluding hydrogens is 122 g/mol. The lowest BCUT2D eigenvalue weighted by molar-refractivity contribution is 0.977. The summed E-state index contributed by atoms with van der Waals surface area (Å²) in [5, 5.41) is 0. The molecule has 1 heterocycles. The molecule has 1 nitrogen and oxygen atoms in total. The summed E-state index contributed by atoms with van der Waals surface area (Å²) < 4.78 is 0. The minimum absolute atomic E-state index is 1.14. The van der Waals surface area contributed by atoms with E-state index in [1.165, 1.54) is 12.0 Å². The van der Waals surface area contributed by atoms with Gasteiger partial charge in [-0.25, -0.2) is 0 Å². The van der Waals surface area contributed by atoms with Crippen LogP contribution in [0.15, 0.2) is 35.6 Å². The van der Waals surface area contributed by atoms with Crippen LogP contribution in [-0.2, 0) is 0 Å². The number of hydrogen-bond acceptors (Lipinski definition) is 1. The van der Waals surface area contributed by atoms with Crippen molar-refractivity contribution in [1.82, 2.24) is 4.99 Å². The van der Waals surface area contributed by atoms with Gasteiger partial charge in [-0.05, 0) is 25.0 Å². The third-order valence-electron chi connectivity index (χ3n) is 1.74. The van der Waals surface area contributed by atoms with E-state index in [0.29, 0.717) is 0 Å². The Morgan fingerprint density at radius 2 is 2.10 bits per heavy atom. The fourth-order valence-electron chi connectivity index (χ4n) is 1.23. The zero-order valence-corrected chi connectivity index (χ0v) is 5.75. The molecule has 0 aromatic heterocycles. The molecule has 1 aliphatic heterocycles. The second-order valence-corrected chi connectivity index (χ2v) is 2.46. The fourth-order valence-corrected chi connectivity index (χ4v) is 1.23. The average molecular weight is 131 g/mol. The van der Waals surface area contributed by atoms with Crippen molar-refractivity contribution in [3.8, 4) is 0 Å². The Kier molecular flexibility index (Phi) is 1.28. The number of rotatable bonds is 0. The minimum Gasteiger partial charge on any atom is -0.0700 e. The van der Waals surface area contributed by atoms with Crippen LogP contribution in [0.5, 0.6) is 0 Å². The number of allylic oxidation sites excluding steroid dienone is 4. The van der Waals surface area contributed by atoms with Crippen LogP contribution in [0.2, 0.25) is 0 Å². The molecule has 0 aromatic carbocycles. The molecule has 10 heavy (non-hydrogen) atoms. The third-order valence-corrected chi connectivity index (χ3v) is 1.74. The number of dihydropyridines is 1. The number of hydrogen-bond donors (Lipinski definition) is 0. The van der Waals surface area contributed by atoms with Crippen molar-refractivity contribution < 1.29 is 0 Å². The second-order valence-electron chi connectivity index (χ2n) is 2.46. The topological polar surface area (TPSA) is 14.1 Å². The van der Waals surface area contributed by atoms with Gasteiger partial charge in [-0.3, -0.25) is 0 Å². The zero-order chi connectivity index (χ0) is 6.81. The summed E-state index contributed by atoms with van der Waals surface area (Å²) in [6.07, 6.45) is 12.7. The Morgan fingerprint density at radius 3 is 3.00 bits per heavy atom. The quantitative estimate of drug-likeness (QED) is 0.473. The fraction of sp³-hybridized carbons (Fsp3) is 0.222. The molecule has 0 fully saturated rings. The van der Waals surface area contributed by atoms with Crippen LogP contribution in [0.25, 0.3) is 0 Å². The molecule has 0 N–H and O–H groups in total. The maximum absolute atomic E-state index is 4.23. The maximum Gasteiger partial charge on any atom is 0.280 e. The van der Waals surface area contributed by atoms with Crippen LogP contribution in [0.1, 0.15) is 12.8 Å². The van der Waals surface area contributed by atoms with Gasteiger partial charge < -0.3 is 0 Å². The van der Waals surface area contributed by atoms with E-state index < -0.39 is 0 Å². The van der Waals surface area contributed by atoms with E-state index >= 15 is 0 Å². The lowest BCUT2D eigenvalue weighted by atomic mass is 10.0. The van der Waals surface area contributed by atoms with E-state index in [1.807, 2.05) is 12.3 Å². The molecular formula is C9H9N+. The van der Waals surface area contributed by atoms with Gasteiger partial charge >= 0.3 is 0 Å². The van der Waals surface area contributed by atoms with Gasteiger partial charge in [0, 0.05) is 11.6 Å². The smallest absolute Gasteiger partial charge is 0.0700 e. The molecule has 1 aliphatic carbocycles. The first-order valence-electron chi connectivity index (χ1n) is 3.58. The Labute approximate surface area is 60.5 Å². The predicted octanol–water partition coefficient (Wildman–Crippen LogP) is 1.57. The summed E-state index contributed by atoms with van der Waals surface area (Å²) in [6, 6.07) is 0. The summed E-state index contributed by atoms with van der Waals surface area (Å²) in [7, 11) is 0. The Balaban J connectivity index is 2.40. The highest BCUT2D eigenvalue weighted by atomic mass is 14.7. The first-order chi connectivity index (χ1) is 4.97. The highest BCUT2D eigenvalue weighted by molar-refractivity contribution is 5.75. The largest absolute Gasteiger partial charge is 0.280 e. The molecule has 0 amide bonds. The van der Waals surface area contributed by atoms with Crippen molar-refractivity contribution in [3.63, 3.8) is 0 Å². The Bertz CT molecular complexity index is 226. The Hall–Kier alpha value is -1.11. The summed E-state index contributed by atoms with van der Waals surface area (Å²) in [5.74, 6) is 0. The lowest BCUT2D eigenvalue weighted by Crippen LogP contribution is -2.03. The van der Waals surface area contributed by atoms with Crippen LogP contribution in [0, 0.1) is 0 Å². The number of aliphatic imine (C=N–C) groups is 1. The summed E-state index contributed by atoms with van der Waals surface area (Å²) in [6.45, 7) is 0. The molecule has 0 atom stereocenters. The van der Waals surface area contributed by atoms with Crippen LogP contribution < -0.4 is 4.99 Å². The van der Waals surface area contributed by atoms with Gasteiger partial charge in [0.25, 0.3) is 5.70 Å². The van der Waals surface area contributed by atoms with Gasteiger partial charge in [0.15, 0.2) is 0 Å². The van der Waals surface area contributed by atoms with Crippen molar-refractivity contribution in [2.75, 3.05) is 0 Å². The van der Waals surface area contributed by atoms with Gasteiger partial charge in [-0.15, -0.1) is 0 Å². The summed E-state index contributed by atoms with van der Waals surface area (Å²) in [5.41, 5.74) is 2.43. The van der Waals surface area contributed by atoms with Gasteiger partial charge in [0.2, 0.25) is 6.21 Å². The van der Waals surface area contributed by atoms with Crippen molar-refractivity contribution in [1.29, 1.82) is 0 Å². The molecule has 0 unspecified atom stereocenters. The Morgan fingerprint density at radius 1 is 1.20 bits per heavy atom. The van der Waals surface area contributed by atoms with E-state index in [9.17, 15) is 0 Å². The molecule has 0 bridgehead atoms. The van der Waals surface area contributed by atoms with E-state index in [1.54, 1.807) is 0 Å². The minimum atomic E-state index is 1.14. The van der Waals surface area contributed by atoms with E-state index in [0.717, 1.165) is 12.1 Å². The number of nitrogens with zero attached hydrogens (tertiary/aromatic N) is 1. The molecule has 1 heteroatoms. The van der Waals surface area contributed by atoms with E-state index in [4.69, 9.17) is 0 Å². The average Bonchev–Trinajstić information content (AvgIpc) is 2.05. The van der Waals surface area contributed by atoms with Crippen LogP contribution in [0.4, 0.5) is 0 Å². The summed E-state index contributed by atoms with van der Waals surface area (Å²) in [4.78, 5) is 4.23. The molecule has 2 rings (SSSR count). The molecule has 1 radical (unpaired) electrons. The first-order valence-corrected chi connectivity index (χ1v) is 3.58. The zero-order valence-electron chi connectivity index (χ0n) is 5.75. The molecule has 2 aliphatic rings. The van der Waals surface area contributed by atoms with Gasteiger partial charge in [0.05, 0.1) is 4.99 Å². The highest BCUT2D eigenvalue weighted by Crippen LogP contribution is 2.18. The highest BCUT2D eigenvalue weighted by Gasteiger charge is 2.16. The number of fused-ring (bicyclic) bond motifs is 1.